The van der Waals surface area contributed by atoms with Gasteiger partial charge in [0, 0.05) is 49.6 Å². The van der Waals surface area contributed by atoms with E-state index in [-0.39, 0.29) is 6.10 Å². The van der Waals surface area contributed by atoms with Gasteiger partial charge in [-0.3, -0.25) is 9.08 Å². The number of nitrogens with one attached hydrogen (secondary N) is 1. The smallest absolute Gasteiger partial charge is 0.228 e. The molecule has 0 radical (unpaired) electrons. The minimum atomic E-state index is -0.156. The second-order valence-corrected chi connectivity index (χ2v) is 7.91. The Kier molecular flexibility index (Phi) is 5.72. The summed E-state index contributed by atoms with van der Waals surface area (Å²) in [5.74, 6) is 2.10. The topological polar surface area (TPSA) is 95.0 Å². The number of aryl methyl sites for hydroxylation is 1. The van der Waals surface area contributed by atoms with Crippen LogP contribution in [0, 0.1) is 0 Å². The molecule has 0 aliphatic carbocycles. The fraction of sp³-hybridized carbons (Fsp3) is 0.174. The molecule has 10 heteroatoms. The maximum absolute atomic E-state index is 6.01. The summed E-state index contributed by atoms with van der Waals surface area (Å²) in [7, 11) is 3.54. The molecule has 0 aliphatic heterocycles. The number of halogens is 1. The van der Waals surface area contributed by atoms with Crippen molar-refractivity contribution in [1.82, 2.24) is 34.3 Å². The van der Waals surface area contributed by atoms with Crippen LogP contribution in [0.25, 0.3) is 16.9 Å². The van der Waals surface area contributed by atoms with Crippen molar-refractivity contribution in [1.29, 1.82) is 0 Å². The van der Waals surface area contributed by atoms with Gasteiger partial charge in [-0.25, -0.2) is 9.97 Å². The van der Waals surface area contributed by atoms with Crippen LogP contribution >= 0.6 is 11.6 Å². The van der Waals surface area contributed by atoms with Crippen molar-refractivity contribution in [2.45, 2.75) is 12.5 Å². The first-order valence-electron chi connectivity index (χ1n) is 10.3. The molecule has 33 heavy (non-hydrogen) atoms. The fourth-order valence-corrected chi connectivity index (χ4v) is 3.74. The predicted octanol–water partition coefficient (Wildman–Crippen LogP) is 4.25. The molecular weight excluding hydrogens is 440 g/mol. The average Bonchev–Trinajstić information content (AvgIpc) is 3.43. The summed E-state index contributed by atoms with van der Waals surface area (Å²) in [6.07, 6.45) is 5.80. The number of benzene rings is 1. The van der Waals surface area contributed by atoms with Gasteiger partial charge in [-0.2, -0.15) is 5.10 Å². The number of pyridine rings is 1. The molecule has 166 valence electrons. The molecule has 0 saturated carbocycles. The van der Waals surface area contributed by atoms with E-state index >= 15 is 0 Å². The average molecular weight is 461 g/mol. The Bertz CT molecular complexity index is 1400. The molecule has 0 spiro atoms. The molecule has 4 aromatic heterocycles. The van der Waals surface area contributed by atoms with Crippen LogP contribution in [0.1, 0.15) is 17.5 Å². The summed E-state index contributed by atoms with van der Waals surface area (Å²) in [6.45, 7) is 0. The van der Waals surface area contributed by atoms with Crippen LogP contribution in [0.3, 0.4) is 0 Å². The predicted molar refractivity (Wildman–Crippen MR) is 125 cm³/mol. The first kappa shape index (κ1) is 21.0. The number of anilines is 2. The quantitative estimate of drug-likeness (QED) is 0.388. The van der Waals surface area contributed by atoms with Gasteiger partial charge in [0.05, 0.1) is 18.0 Å². The van der Waals surface area contributed by atoms with Crippen molar-refractivity contribution in [3.63, 3.8) is 0 Å². The van der Waals surface area contributed by atoms with E-state index in [4.69, 9.17) is 16.3 Å². The molecule has 5 rings (SSSR count). The molecule has 4 heterocycles. The second kappa shape index (κ2) is 8.97. The molecule has 1 atom stereocenters. The third-order valence-corrected chi connectivity index (χ3v) is 5.64. The van der Waals surface area contributed by atoms with E-state index in [0.717, 1.165) is 34.1 Å². The van der Waals surface area contributed by atoms with Crippen LogP contribution in [0.4, 0.5) is 11.8 Å². The molecule has 0 unspecified atom stereocenters. The molecular formula is C23H21ClN8O. The lowest BCUT2D eigenvalue weighted by Crippen LogP contribution is -2.08. The highest BCUT2D eigenvalue weighted by atomic mass is 35.5. The van der Waals surface area contributed by atoms with Crippen LogP contribution in [0.15, 0.2) is 67.1 Å². The lowest BCUT2D eigenvalue weighted by molar-refractivity contribution is 0.102. The third kappa shape index (κ3) is 4.41. The molecule has 0 aliphatic rings. The van der Waals surface area contributed by atoms with Gasteiger partial charge in [-0.15, -0.1) is 10.2 Å². The Morgan fingerprint density at radius 3 is 2.67 bits per heavy atom. The molecule has 1 aromatic carbocycles. The Balaban J connectivity index is 1.39. The van der Waals surface area contributed by atoms with Crippen LogP contribution in [-0.2, 0) is 18.2 Å². The lowest BCUT2D eigenvalue weighted by atomic mass is 10.1. The van der Waals surface area contributed by atoms with Crippen molar-refractivity contribution in [2.24, 2.45) is 7.05 Å². The SMILES string of the molecule is CO[C@H](Cc1nnc2cc(-c3ccnc(Nc4ccnn4C)n3)ccn12)c1ccc(Cl)cc1. The molecule has 0 amide bonds. The van der Waals surface area contributed by atoms with Crippen LogP contribution in [0.2, 0.25) is 5.02 Å². The maximum Gasteiger partial charge on any atom is 0.228 e. The van der Waals surface area contributed by atoms with Gasteiger partial charge < -0.3 is 10.1 Å². The largest absolute Gasteiger partial charge is 0.376 e. The lowest BCUT2D eigenvalue weighted by Gasteiger charge is -2.15. The number of fused-ring (bicyclic) bond motifs is 1. The van der Waals surface area contributed by atoms with Gasteiger partial charge in [-0.05, 0) is 35.9 Å². The number of hydrogen-bond donors (Lipinski definition) is 1. The van der Waals surface area contributed by atoms with E-state index in [1.54, 1.807) is 24.2 Å². The van der Waals surface area contributed by atoms with E-state index in [1.165, 1.54) is 0 Å². The summed E-state index contributed by atoms with van der Waals surface area (Å²) in [6, 6.07) is 15.3. The number of nitrogens with zero attached hydrogens (tertiary/aromatic N) is 7. The zero-order valence-corrected chi connectivity index (χ0v) is 18.8. The zero-order valence-electron chi connectivity index (χ0n) is 18.1. The van der Waals surface area contributed by atoms with Gasteiger partial charge in [-0.1, -0.05) is 23.7 Å². The highest BCUT2D eigenvalue weighted by molar-refractivity contribution is 6.30. The first-order valence-corrected chi connectivity index (χ1v) is 10.7. The summed E-state index contributed by atoms with van der Waals surface area (Å²) >= 11 is 6.01. The van der Waals surface area contributed by atoms with Crippen molar-refractivity contribution in [3.05, 3.63) is 83.5 Å². The minimum absolute atomic E-state index is 0.156. The Morgan fingerprint density at radius 2 is 1.91 bits per heavy atom. The maximum atomic E-state index is 6.01. The van der Waals surface area contributed by atoms with Crippen molar-refractivity contribution < 1.29 is 4.74 Å². The number of rotatable bonds is 7. The van der Waals surface area contributed by atoms with E-state index in [0.29, 0.717) is 17.4 Å². The molecule has 0 bridgehead atoms. The van der Waals surface area contributed by atoms with E-state index in [2.05, 4.69) is 30.6 Å². The van der Waals surface area contributed by atoms with Crippen LogP contribution in [-0.4, -0.2) is 41.5 Å². The summed E-state index contributed by atoms with van der Waals surface area (Å²) in [5, 5.41) is 16.8. The van der Waals surface area contributed by atoms with E-state index in [9.17, 15) is 0 Å². The van der Waals surface area contributed by atoms with Gasteiger partial charge in [0.1, 0.15) is 11.6 Å². The highest BCUT2D eigenvalue weighted by Gasteiger charge is 2.16. The highest BCUT2D eigenvalue weighted by Crippen LogP contribution is 2.25. The number of aromatic nitrogens is 7. The van der Waals surface area contributed by atoms with Crippen molar-refractivity contribution in [3.8, 4) is 11.3 Å². The monoisotopic (exact) mass is 460 g/mol. The molecule has 0 fully saturated rings. The zero-order chi connectivity index (χ0) is 22.8. The van der Waals surface area contributed by atoms with Crippen molar-refractivity contribution in [2.75, 3.05) is 12.4 Å². The van der Waals surface area contributed by atoms with Gasteiger partial charge in [0.2, 0.25) is 5.95 Å². The normalized spacial score (nSPS) is 12.2. The first-order chi connectivity index (χ1) is 16.1. The Hall–Kier alpha value is -3.82. The standard InChI is InChI=1S/C23H21ClN8O/c1-31-20(8-11-26-31)28-23-25-10-7-18(27-23)16-9-12-32-21(13-16)29-30-22(32)14-19(33-2)15-3-5-17(24)6-4-15/h3-13,19H,14H2,1-2H3,(H,25,27,28)/t19-/m1/s1. The Labute approximate surface area is 195 Å². The summed E-state index contributed by atoms with van der Waals surface area (Å²) < 4.78 is 9.38. The van der Waals surface area contributed by atoms with E-state index < -0.39 is 0 Å². The van der Waals surface area contributed by atoms with Gasteiger partial charge in [0.15, 0.2) is 5.65 Å². The summed E-state index contributed by atoms with van der Waals surface area (Å²) in [4.78, 5) is 8.93. The second-order valence-electron chi connectivity index (χ2n) is 7.47. The minimum Gasteiger partial charge on any atom is -0.376 e. The number of hydrogen-bond acceptors (Lipinski definition) is 7. The molecule has 1 N–H and O–H groups in total. The van der Waals surface area contributed by atoms with Gasteiger partial charge >= 0.3 is 0 Å². The molecule has 0 saturated heterocycles. The molecule has 9 nitrogen and oxygen atoms in total. The molecule has 5 aromatic rings. The fourth-order valence-electron chi connectivity index (χ4n) is 3.61. The number of methoxy groups -OCH3 is 1. The van der Waals surface area contributed by atoms with E-state index in [1.807, 2.05) is 66.2 Å². The van der Waals surface area contributed by atoms with Gasteiger partial charge in [0.25, 0.3) is 0 Å². The number of ether oxygens (including phenoxy) is 1. The van der Waals surface area contributed by atoms with Crippen LogP contribution < -0.4 is 5.32 Å². The van der Waals surface area contributed by atoms with Crippen molar-refractivity contribution >= 4 is 29.0 Å². The van der Waals surface area contributed by atoms with Crippen LogP contribution in [0.5, 0.6) is 0 Å². The summed E-state index contributed by atoms with van der Waals surface area (Å²) in [5.41, 5.74) is 3.45. The Morgan fingerprint density at radius 1 is 1.06 bits per heavy atom. The third-order valence-electron chi connectivity index (χ3n) is 5.39.